The molecule has 53 heavy (non-hydrogen) atoms. The fraction of sp³-hybridized carbons (Fsp3) is 0.157. The van der Waals surface area contributed by atoms with Crippen molar-refractivity contribution in [3.05, 3.63) is 192 Å². The molecular weight excluding hydrogens is 641 g/mol. The van der Waals surface area contributed by atoms with Crippen LogP contribution >= 0.6 is 0 Å². The normalized spacial score (nSPS) is 18.3. The van der Waals surface area contributed by atoms with E-state index in [1.165, 1.54) is 72.0 Å². The highest BCUT2D eigenvalue weighted by atomic mass is 15.1. The molecular formula is C51H42N2. The molecule has 0 bridgehead atoms. The number of imidazole rings is 1. The fourth-order valence-electron chi connectivity index (χ4n) is 9.17. The first-order valence-electron chi connectivity index (χ1n) is 19.3. The van der Waals surface area contributed by atoms with Crippen LogP contribution in [0.2, 0.25) is 0 Å². The van der Waals surface area contributed by atoms with Crippen LogP contribution in [0.4, 0.5) is 0 Å². The maximum Gasteiger partial charge on any atom is 0.141 e. The Balaban J connectivity index is 1.39. The van der Waals surface area contributed by atoms with Crippen LogP contribution in [0.5, 0.6) is 0 Å². The second kappa shape index (κ2) is 13.5. The van der Waals surface area contributed by atoms with Crippen LogP contribution in [0.3, 0.4) is 0 Å². The van der Waals surface area contributed by atoms with E-state index >= 15 is 0 Å². The molecule has 2 nitrogen and oxygen atoms in total. The van der Waals surface area contributed by atoms with Gasteiger partial charge in [0.1, 0.15) is 5.82 Å². The second-order valence-corrected chi connectivity index (χ2v) is 14.7. The molecule has 6 aromatic rings. The maximum atomic E-state index is 5.89. The molecule has 0 saturated heterocycles. The summed E-state index contributed by atoms with van der Waals surface area (Å²) in [5, 5.41) is 2.51. The van der Waals surface area contributed by atoms with Crippen molar-refractivity contribution in [2.75, 3.05) is 0 Å². The van der Waals surface area contributed by atoms with E-state index in [1.54, 1.807) is 0 Å². The largest absolute Gasteiger partial charge is 0.292 e. The topological polar surface area (TPSA) is 17.8 Å². The van der Waals surface area contributed by atoms with E-state index < -0.39 is 0 Å². The SMILES string of the molecule is C1=CCCC(C2=C(c3c4ccccc4c(-c4ccccc4-c4ccccc4)c4c3nc(C3=CC5=CC=CCC5CC3)n4-c3ccccc3)C=CCC2)=C1. The quantitative estimate of drug-likeness (QED) is 0.171. The predicted octanol–water partition coefficient (Wildman–Crippen LogP) is 13.6. The van der Waals surface area contributed by atoms with Gasteiger partial charge in [0.15, 0.2) is 0 Å². The number of para-hydroxylation sites is 1. The molecule has 0 amide bonds. The van der Waals surface area contributed by atoms with Crippen LogP contribution < -0.4 is 0 Å². The van der Waals surface area contributed by atoms with Crippen molar-refractivity contribution in [2.24, 2.45) is 5.92 Å². The maximum absolute atomic E-state index is 5.89. The van der Waals surface area contributed by atoms with Gasteiger partial charge in [-0.25, -0.2) is 4.98 Å². The zero-order chi connectivity index (χ0) is 35.1. The molecule has 0 fully saturated rings. The lowest BCUT2D eigenvalue weighted by atomic mass is 9.81. The van der Waals surface area contributed by atoms with Crippen molar-refractivity contribution in [1.29, 1.82) is 0 Å². The van der Waals surface area contributed by atoms with E-state index in [0.717, 1.165) is 62.0 Å². The third-order valence-corrected chi connectivity index (χ3v) is 11.7. The van der Waals surface area contributed by atoms with Crippen molar-refractivity contribution in [2.45, 2.75) is 44.9 Å². The Morgan fingerprint density at radius 1 is 0.604 bits per heavy atom. The van der Waals surface area contributed by atoms with E-state index in [9.17, 15) is 0 Å². The molecule has 1 unspecified atom stereocenters. The van der Waals surface area contributed by atoms with Gasteiger partial charge in [0.25, 0.3) is 0 Å². The average Bonchev–Trinajstić information content (AvgIpc) is 3.63. The number of hydrogen-bond acceptors (Lipinski definition) is 1. The summed E-state index contributed by atoms with van der Waals surface area (Å²) in [7, 11) is 0. The standard InChI is InChI=1S/C51H42N2/c1-4-19-36(20-5-1)41-26-12-14-28-43(41)47-45-30-16-17-31-46(45)48(44-29-15-13-27-42(44)37-21-6-2-7-22-37)50-49(47)52-51(53(50)40-24-8-3-9-25-40)39-33-32-35-18-10-11-23-38(35)34-39/h1-4,6-11,13-17,19,21-25,27-31,34-35H,5,12,18,20,26,32-33H2. The molecule has 10 rings (SSSR count). The van der Waals surface area contributed by atoms with Crippen molar-refractivity contribution < 1.29 is 0 Å². The summed E-state index contributed by atoms with van der Waals surface area (Å²) in [6.07, 6.45) is 28.5. The molecule has 4 aliphatic carbocycles. The van der Waals surface area contributed by atoms with Gasteiger partial charge in [0.2, 0.25) is 0 Å². The van der Waals surface area contributed by atoms with Gasteiger partial charge in [-0.15, -0.1) is 0 Å². The van der Waals surface area contributed by atoms with Crippen LogP contribution in [-0.2, 0) is 0 Å². The van der Waals surface area contributed by atoms with E-state index in [4.69, 9.17) is 4.98 Å². The first kappa shape index (κ1) is 31.7. The van der Waals surface area contributed by atoms with Gasteiger partial charge in [-0.05, 0) is 118 Å². The predicted molar refractivity (Wildman–Crippen MR) is 224 cm³/mol. The minimum Gasteiger partial charge on any atom is -0.292 e. The summed E-state index contributed by atoms with van der Waals surface area (Å²) in [6, 6.07) is 39.9. The smallest absolute Gasteiger partial charge is 0.141 e. The van der Waals surface area contributed by atoms with E-state index in [0.29, 0.717) is 5.92 Å². The van der Waals surface area contributed by atoms with E-state index in [-0.39, 0.29) is 0 Å². The molecule has 0 saturated carbocycles. The van der Waals surface area contributed by atoms with Gasteiger partial charge in [-0.1, -0.05) is 152 Å². The Morgan fingerprint density at radius 3 is 2.13 bits per heavy atom. The van der Waals surface area contributed by atoms with Crippen LogP contribution in [-0.4, -0.2) is 9.55 Å². The number of allylic oxidation sites excluding steroid dienone is 14. The van der Waals surface area contributed by atoms with Gasteiger partial charge in [0, 0.05) is 16.8 Å². The third kappa shape index (κ3) is 5.52. The zero-order valence-corrected chi connectivity index (χ0v) is 30.0. The molecule has 256 valence electrons. The second-order valence-electron chi connectivity index (χ2n) is 14.7. The highest BCUT2D eigenvalue weighted by Crippen LogP contribution is 2.49. The van der Waals surface area contributed by atoms with E-state index in [1.807, 2.05) is 0 Å². The van der Waals surface area contributed by atoms with Crippen LogP contribution in [0.15, 0.2) is 181 Å². The summed E-state index contributed by atoms with van der Waals surface area (Å²) in [5.74, 6) is 1.64. The van der Waals surface area contributed by atoms with Crippen molar-refractivity contribution in [1.82, 2.24) is 9.55 Å². The Hall–Kier alpha value is -5.99. The lowest BCUT2D eigenvalue weighted by Gasteiger charge is -2.26. The molecule has 1 aromatic heterocycles. The summed E-state index contributed by atoms with van der Waals surface area (Å²) in [4.78, 5) is 5.89. The number of aromatic nitrogens is 2. The van der Waals surface area contributed by atoms with Gasteiger partial charge in [-0.2, -0.15) is 0 Å². The molecule has 5 aromatic carbocycles. The molecule has 1 heterocycles. The highest BCUT2D eigenvalue weighted by molar-refractivity contribution is 6.20. The summed E-state index contributed by atoms with van der Waals surface area (Å²) in [5.41, 5.74) is 16.5. The molecule has 0 N–H and O–H groups in total. The zero-order valence-electron chi connectivity index (χ0n) is 30.0. The lowest BCUT2D eigenvalue weighted by molar-refractivity contribution is 0.570. The molecule has 0 aliphatic heterocycles. The van der Waals surface area contributed by atoms with Gasteiger partial charge >= 0.3 is 0 Å². The molecule has 2 heteroatoms. The number of benzene rings is 5. The van der Waals surface area contributed by atoms with Gasteiger partial charge in [0.05, 0.1) is 11.0 Å². The van der Waals surface area contributed by atoms with Crippen molar-refractivity contribution in [3.8, 4) is 27.9 Å². The lowest BCUT2D eigenvalue weighted by Crippen LogP contribution is -2.12. The Kier molecular flexibility index (Phi) is 8.10. The molecule has 1 atom stereocenters. The molecule has 0 spiro atoms. The minimum atomic E-state index is 0.586. The monoisotopic (exact) mass is 682 g/mol. The van der Waals surface area contributed by atoms with Crippen LogP contribution in [0.25, 0.3) is 60.9 Å². The Labute approximate surface area is 312 Å². The van der Waals surface area contributed by atoms with Crippen LogP contribution in [0, 0.1) is 5.92 Å². The first-order valence-corrected chi connectivity index (χ1v) is 19.3. The summed E-state index contributed by atoms with van der Waals surface area (Å²) >= 11 is 0. The van der Waals surface area contributed by atoms with Gasteiger partial charge < -0.3 is 0 Å². The summed E-state index contributed by atoms with van der Waals surface area (Å²) in [6.45, 7) is 0. The number of nitrogens with zero attached hydrogens (tertiary/aromatic N) is 2. The van der Waals surface area contributed by atoms with Crippen molar-refractivity contribution in [3.63, 3.8) is 0 Å². The Bertz CT molecular complexity index is 2620. The van der Waals surface area contributed by atoms with Gasteiger partial charge in [-0.3, -0.25) is 4.57 Å². The number of hydrogen-bond donors (Lipinski definition) is 0. The van der Waals surface area contributed by atoms with Crippen LogP contribution in [0.1, 0.15) is 56.3 Å². The summed E-state index contributed by atoms with van der Waals surface area (Å²) < 4.78 is 2.50. The Morgan fingerprint density at radius 2 is 1.32 bits per heavy atom. The highest BCUT2D eigenvalue weighted by Gasteiger charge is 2.30. The third-order valence-electron chi connectivity index (χ3n) is 11.7. The number of rotatable bonds is 6. The average molecular weight is 683 g/mol. The molecule has 4 aliphatic rings. The first-order chi connectivity index (χ1) is 26.3. The van der Waals surface area contributed by atoms with Crippen molar-refractivity contribution >= 4 is 33.0 Å². The fourth-order valence-corrected chi connectivity index (χ4v) is 9.17. The van der Waals surface area contributed by atoms with E-state index in [2.05, 4.69) is 168 Å². The number of fused-ring (bicyclic) bond motifs is 3. The minimum absolute atomic E-state index is 0.586. The molecule has 0 radical (unpaired) electrons.